The normalized spacial score (nSPS) is 18.0. The first-order valence-electron chi connectivity index (χ1n) is 6.56. The van der Waals surface area contributed by atoms with E-state index >= 15 is 0 Å². The molecule has 0 radical (unpaired) electrons. The highest BCUT2D eigenvalue weighted by Gasteiger charge is 2.40. The van der Waals surface area contributed by atoms with Crippen LogP contribution < -0.4 is 4.74 Å². The van der Waals surface area contributed by atoms with Crippen molar-refractivity contribution in [2.75, 3.05) is 20.3 Å². The van der Waals surface area contributed by atoms with Crippen LogP contribution in [0.3, 0.4) is 0 Å². The lowest BCUT2D eigenvalue weighted by atomic mass is 9.95. The Balaban J connectivity index is 2.53. The molecule has 0 N–H and O–H groups in total. The van der Waals surface area contributed by atoms with Crippen molar-refractivity contribution in [2.45, 2.75) is 39.4 Å². The van der Waals surface area contributed by atoms with Crippen LogP contribution in [0, 0.1) is 13.8 Å². The second-order valence-corrected chi connectivity index (χ2v) is 4.86. The quantitative estimate of drug-likeness (QED) is 0.820. The van der Waals surface area contributed by atoms with E-state index in [2.05, 4.69) is 32.9 Å². The second-order valence-electron chi connectivity index (χ2n) is 4.86. The molecular formula is C15H22O3. The maximum absolute atomic E-state index is 5.92. The third kappa shape index (κ3) is 2.25. The molecule has 1 aromatic rings. The van der Waals surface area contributed by atoms with Crippen LogP contribution in [0.2, 0.25) is 0 Å². The van der Waals surface area contributed by atoms with Gasteiger partial charge in [-0.15, -0.1) is 0 Å². The van der Waals surface area contributed by atoms with Gasteiger partial charge in [0, 0.05) is 6.42 Å². The summed E-state index contributed by atoms with van der Waals surface area (Å²) in [7, 11) is 1.70. The predicted molar refractivity (Wildman–Crippen MR) is 71.0 cm³/mol. The topological polar surface area (TPSA) is 27.7 Å². The van der Waals surface area contributed by atoms with E-state index in [4.69, 9.17) is 14.2 Å². The molecule has 3 heteroatoms. The van der Waals surface area contributed by atoms with Gasteiger partial charge < -0.3 is 14.2 Å². The molecule has 0 unspecified atom stereocenters. The first-order valence-corrected chi connectivity index (χ1v) is 6.56. The van der Waals surface area contributed by atoms with E-state index in [-0.39, 0.29) is 0 Å². The van der Waals surface area contributed by atoms with E-state index in [0.29, 0.717) is 13.2 Å². The zero-order valence-corrected chi connectivity index (χ0v) is 11.7. The summed E-state index contributed by atoms with van der Waals surface area (Å²) in [6.07, 6.45) is 1.86. The summed E-state index contributed by atoms with van der Waals surface area (Å²) in [6, 6.07) is 4.24. The van der Waals surface area contributed by atoms with Crippen molar-refractivity contribution in [1.29, 1.82) is 0 Å². The maximum atomic E-state index is 5.92. The van der Waals surface area contributed by atoms with Crippen LogP contribution in [0.1, 0.15) is 36.5 Å². The van der Waals surface area contributed by atoms with E-state index in [1.165, 1.54) is 5.56 Å². The Bertz CT molecular complexity index is 420. The van der Waals surface area contributed by atoms with Crippen molar-refractivity contribution in [3.05, 3.63) is 28.8 Å². The number of hydrogen-bond acceptors (Lipinski definition) is 3. The van der Waals surface area contributed by atoms with Gasteiger partial charge in [0.25, 0.3) is 0 Å². The van der Waals surface area contributed by atoms with E-state index in [9.17, 15) is 0 Å². The molecule has 1 aliphatic heterocycles. The van der Waals surface area contributed by atoms with Gasteiger partial charge in [0.1, 0.15) is 5.75 Å². The highest BCUT2D eigenvalue weighted by atomic mass is 16.7. The second kappa shape index (κ2) is 5.29. The standard InChI is InChI=1S/C15H22O3/c1-5-6-15(17-7-8-18-15)13-10-11(2)9-12(3)14(13)16-4/h9-10H,5-8H2,1-4H3. The summed E-state index contributed by atoms with van der Waals surface area (Å²) in [5, 5.41) is 0. The fraction of sp³-hybridized carbons (Fsp3) is 0.600. The van der Waals surface area contributed by atoms with Crippen LogP contribution in [0.5, 0.6) is 5.75 Å². The Hall–Kier alpha value is -1.06. The van der Waals surface area contributed by atoms with Gasteiger partial charge >= 0.3 is 0 Å². The SMILES string of the molecule is CCCC1(c2cc(C)cc(C)c2OC)OCCO1. The first kappa shape index (κ1) is 13.4. The summed E-state index contributed by atoms with van der Waals surface area (Å²) in [5.41, 5.74) is 3.36. The molecule has 100 valence electrons. The highest BCUT2D eigenvalue weighted by Crippen LogP contribution is 2.42. The van der Waals surface area contributed by atoms with E-state index in [1.807, 2.05) is 0 Å². The predicted octanol–water partition coefficient (Wildman–Crippen LogP) is 3.31. The lowest BCUT2D eigenvalue weighted by molar-refractivity contribution is -0.171. The number of ether oxygens (including phenoxy) is 3. The highest BCUT2D eigenvalue weighted by molar-refractivity contribution is 5.46. The van der Waals surface area contributed by atoms with E-state index < -0.39 is 5.79 Å². The van der Waals surface area contributed by atoms with E-state index in [1.54, 1.807) is 7.11 Å². The van der Waals surface area contributed by atoms with E-state index in [0.717, 1.165) is 29.7 Å². The van der Waals surface area contributed by atoms with Gasteiger partial charge in [0.2, 0.25) is 0 Å². The van der Waals surface area contributed by atoms with Crippen LogP contribution in [0.15, 0.2) is 12.1 Å². The third-order valence-corrected chi connectivity index (χ3v) is 3.37. The molecule has 0 atom stereocenters. The largest absolute Gasteiger partial charge is 0.496 e. The fourth-order valence-corrected chi connectivity index (χ4v) is 2.73. The zero-order valence-electron chi connectivity index (χ0n) is 11.7. The number of benzene rings is 1. The smallest absolute Gasteiger partial charge is 0.198 e. The average Bonchev–Trinajstić information content (AvgIpc) is 2.78. The molecule has 18 heavy (non-hydrogen) atoms. The average molecular weight is 250 g/mol. The van der Waals surface area contributed by atoms with Crippen molar-refractivity contribution in [3.8, 4) is 5.75 Å². The summed E-state index contributed by atoms with van der Waals surface area (Å²) in [6.45, 7) is 7.59. The number of hydrogen-bond donors (Lipinski definition) is 0. The monoisotopic (exact) mass is 250 g/mol. The minimum Gasteiger partial charge on any atom is -0.496 e. The molecule has 2 rings (SSSR count). The number of rotatable bonds is 4. The summed E-state index contributed by atoms with van der Waals surface area (Å²) in [5.74, 6) is 0.271. The minimum atomic E-state index is -0.614. The van der Waals surface area contributed by atoms with Gasteiger partial charge in [0.15, 0.2) is 5.79 Å². The number of aryl methyl sites for hydroxylation is 2. The summed E-state index contributed by atoms with van der Waals surface area (Å²) >= 11 is 0. The molecule has 0 spiro atoms. The Kier molecular flexibility index (Phi) is 3.93. The molecular weight excluding hydrogens is 228 g/mol. The van der Waals surface area contributed by atoms with Gasteiger partial charge in [-0.2, -0.15) is 0 Å². The lowest BCUT2D eigenvalue weighted by Crippen LogP contribution is -2.28. The van der Waals surface area contributed by atoms with Gasteiger partial charge in [0.05, 0.1) is 25.9 Å². The Labute approximate surface area is 109 Å². The minimum absolute atomic E-state index is 0.614. The molecule has 0 aliphatic carbocycles. The van der Waals surface area contributed by atoms with Crippen molar-refractivity contribution < 1.29 is 14.2 Å². The molecule has 0 amide bonds. The Morgan fingerprint density at radius 2 is 1.89 bits per heavy atom. The summed E-state index contributed by atoms with van der Waals surface area (Å²) < 4.78 is 17.4. The van der Waals surface area contributed by atoms with Gasteiger partial charge in [-0.05, 0) is 25.5 Å². The molecule has 0 bridgehead atoms. The fourth-order valence-electron chi connectivity index (χ4n) is 2.73. The van der Waals surface area contributed by atoms with Gasteiger partial charge in [-0.3, -0.25) is 0 Å². The van der Waals surface area contributed by atoms with Gasteiger partial charge in [-0.1, -0.05) is 25.0 Å². The summed E-state index contributed by atoms with van der Waals surface area (Å²) in [4.78, 5) is 0. The molecule has 1 saturated heterocycles. The lowest BCUT2D eigenvalue weighted by Gasteiger charge is -2.30. The van der Waals surface area contributed by atoms with Crippen LogP contribution in [0.4, 0.5) is 0 Å². The van der Waals surface area contributed by atoms with Crippen LogP contribution in [0.25, 0.3) is 0 Å². The first-order chi connectivity index (χ1) is 8.63. The maximum Gasteiger partial charge on any atom is 0.198 e. The van der Waals surface area contributed by atoms with Crippen LogP contribution >= 0.6 is 0 Å². The molecule has 0 saturated carbocycles. The number of methoxy groups -OCH3 is 1. The van der Waals surface area contributed by atoms with Crippen molar-refractivity contribution in [2.24, 2.45) is 0 Å². The molecule has 1 heterocycles. The zero-order chi connectivity index (χ0) is 13.2. The molecule has 1 fully saturated rings. The van der Waals surface area contributed by atoms with Crippen LogP contribution in [-0.2, 0) is 15.3 Å². The molecule has 1 aromatic carbocycles. The molecule has 0 aromatic heterocycles. The molecule has 3 nitrogen and oxygen atoms in total. The Morgan fingerprint density at radius 1 is 1.22 bits per heavy atom. The molecule has 1 aliphatic rings. The van der Waals surface area contributed by atoms with Crippen LogP contribution in [-0.4, -0.2) is 20.3 Å². The van der Waals surface area contributed by atoms with Crippen molar-refractivity contribution in [1.82, 2.24) is 0 Å². The Morgan fingerprint density at radius 3 is 2.44 bits per heavy atom. The van der Waals surface area contributed by atoms with Gasteiger partial charge in [-0.25, -0.2) is 0 Å². The van der Waals surface area contributed by atoms with Crippen molar-refractivity contribution in [3.63, 3.8) is 0 Å². The third-order valence-electron chi connectivity index (χ3n) is 3.37. The van der Waals surface area contributed by atoms with Crippen molar-refractivity contribution >= 4 is 0 Å².